The van der Waals surface area contributed by atoms with Crippen molar-refractivity contribution in [2.75, 3.05) is 19.7 Å². The standard InChI is InChI=1S/C20H28N2O4/c1-3-26-20(25)17-11-13-22(14-12-17)19(24)10-9-18(23)21-15(2)16-7-5-4-6-8-16/h4-8,15,17H,3,9-14H2,1-2H3,(H,21,23). The third kappa shape index (κ3) is 5.86. The second kappa shape index (κ2) is 9.94. The number of ether oxygens (including phenoxy) is 1. The number of amides is 2. The zero-order valence-corrected chi connectivity index (χ0v) is 15.6. The third-order valence-corrected chi connectivity index (χ3v) is 4.71. The van der Waals surface area contributed by atoms with Gasteiger partial charge in [-0.15, -0.1) is 0 Å². The Kier molecular flexibility index (Phi) is 7.63. The molecule has 0 radical (unpaired) electrons. The van der Waals surface area contributed by atoms with E-state index >= 15 is 0 Å². The lowest BCUT2D eigenvalue weighted by Crippen LogP contribution is -2.41. The molecular formula is C20H28N2O4. The second-order valence-electron chi connectivity index (χ2n) is 6.61. The van der Waals surface area contributed by atoms with Crippen molar-refractivity contribution in [2.24, 2.45) is 5.92 Å². The van der Waals surface area contributed by atoms with Crippen LogP contribution in [-0.2, 0) is 19.1 Å². The Morgan fingerprint density at radius 2 is 1.81 bits per heavy atom. The predicted molar refractivity (Wildman–Crippen MR) is 98.2 cm³/mol. The first kappa shape index (κ1) is 19.9. The Morgan fingerprint density at radius 3 is 2.42 bits per heavy atom. The quantitative estimate of drug-likeness (QED) is 0.758. The Balaban J connectivity index is 1.70. The number of benzene rings is 1. The summed E-state index contributed by atoms with van der Waals surface area (Å²) in [5.74, 6) is -0.450. The fourth-order valence-corrected chi connectivity index (χ4v) is 3.14. The fourth-order valence-electron chi connectivity index (χ4n) is 3.14. The van der Waals surface area contributed by atoms with Crippen LogP contribution in [0.15, 0.2) is 30.3 Å². The van der Waals surface area contributed by atoms with Gasteiger partial charge in [0.2, 0.25) is 11.8 Å². The van der Waals surface area contributed by atoms with E-state index in [-0.39, 0.29) is 42.6 Å². The van der Waals surface area contributed by atoms with Crippen LogP contribution in [0.3, 0.4) is 0 Å². The molecule has 1 fully saturated rings. The zero-order valence-electron chi connectivity index (χ0n) is 15.6. The van der Waals surface area contributed by atoms with Crippen molar-refractivity contribution in [1.82, 2.24) is 10.2 Å². The summed E-state index contributed by atoms with van der Waals surface area (Å²) in [6.07, 6.45) is 1.62. The van der Waals surface area contributed by atoms with Gasteiger partial charge in [0.15, 0.2) is 0 Å². The van der Waals surface area contributed by atoms with Gasteiger partial charge >= 0.3 is 5.97 Å². The molecule has 1 heterocycles. The number of rotatable bonds is 7. The van der Waals surface area contributed by atoms with Crippen LogP contribution in [0.4, 0.5) is 0 Å². The first-order valence-electron chi connectivity index (χ1n) is 9.30. The van der Waals surface area contributed by atoms with Gasteiger partial charge in [-0.25, -0.2) is 0 Å². The van der Waals surface area contributed by atoms with Crippen LogP contribution in [-0.4, -0.2) is 42.4 Å². The van der Waals surface area contributed by atoms with E-state index in [4.69, 9.17) is 4.74 Å². The molecule has 2 rings (SSSR count). The second-order valence-corrected chi connectivity index (χ2v) is 6.61. The monoisotopic (exact) mass is 360 g/mol. The molecular weight excluding hydrogens is 332 g/mol. The highest BCUT2D eigenvalue weighted by atomic mass is 16.5. The molecule has 1 unspecified atom stereocenters. The first-order valence-corrected chi connectivity index (χ1v) is 9.30. The Labute approximate surface area is 154 Å². The Hall–Kier alpha value is -2.37. The summed E-state index contributed by atoms with van der Waals surface area (Å²) in [6.45, 7) is 5.19. The summed E-state index contributed by atoms with van der Waals surface area (Å²) in [6, 6.07) is 9.64. The lowest BCUT2D eigenvalue weighted by molar-refractivity contribution is -0.151. The van der Waals surface area contributed by atoms with Crippen molar-refractivity contribution in [3.63, 3.8) is 0 Å². The topological polar surface area (TPSA) is 75.7 Å². The molecule has 1 aliphatic heterocycles. The van der Waals surface area contributed by atoms with Crippen molar-refractivity contribution in [3.8, 4) is 0 Å². The Bertz CT molecular complexity index is 609. The smallest absolute Gasteiger partial charge is 0.309 e. The zero-order chi connectivity index (χ0) is 18.9. The van der Waals surface area contributed by atoms with E-state index in [1.165, 1.54) is 0 Å². The van der Waals surface area contributed by atoms with E-state index < -0.39 is 0 Å². The number of esters is 1. The van der Waals surface area contributed by atoms with Crippen LogP contribution >= 0.6 is 0 Å². The maximum Gasteiger partial charge on any atom is 0.309 e. The van der Waals surface area contributed by atoms with Gasteiger partial charge in [-0.05, 0) is 32.3 Å². The van der Waals surface area contributed by atoms with E-state index in [2.05, 4.69) is 5.32 Å². The first-order chi connectivity index (χ1) is 12.5. The van der Waals surface area contributed by atoms with E-state index in [0.29, 0.717) is 32.5 Å². The average molecular weight is 360 g/mol. The number of carbonyl (C=O) groups is 3. The van der Waals surface area contributed by atoms with Gasteiger partial charge in [0.25, 0.3) is 0 Å². The van der Waals surface area contributed by atoms with E-state index in [1.807, 2.05) is 37.3 Å². The molecule has 1 saturated heterocycles. The fraction of sp³-hybridized carbons (Fsp3) is 0.550. The third-order valence-electron chi connectivity index (χ3n) is 4.71. The Morgan fingerprint density at radius 1 is 1.15 bits per heavy atom. The van der Waals surface area contributed by atoms with Crippen molar-refractivity contribution < 1.29 is 19.1 Å². The molecule has 2 amide bonds. The average Bonchev–Trinajstić information content (AvgIpc) is 2.67. The van der Waals surface area contributed by atoms with Crippen molar-refractivity contribution in [2.45, 2.75) is 45.6 Å². The van der Waals surface area contributed by atoms with Gasteiger partial charge in [-0.3, -0.25) is 14.4 Å². The summed E-state index contributed by atoms with van der Waals surface area (Å²) in [4.78, 5) is 37.8. The largest absolute Gasteiger partial charge is 0.466 e. The molecule has 0 aliphatic carbocycles. The summed E-state index contributed by atoms with van der Waals surface area (Å²) in [7, 11) is 0. The number of hydrogen-bond donors (Lipinski definition) is 1. The molecule has 1 aromatic rings. The molecule has 0 aromatic heterocycles. The summed E-state index contributed by atoms with van der Waals surface area (Å²) in [5.41, 5.74) is 1.04. The molecule has 6 nitrogen and oxygen atoms in total. The van der Waals surface area contributed by atoms with E-state index in [9.17, 15) is 14.4 Å². The van der Waals surface area contributed by atoms with Crippen molar-refractivity contribution in [1.29, 1.82) is 0 Å². The van der Waals surface area contributed by atoms with Crippen LogP contribution in [0.5, 0.6) is 0 Å². The summed E-state index contributed by atoms with van der Waals surface area (Å²) < 4.78 is 5.03. The van der Waals surface area contributed by atoms with Gasteiger partial charge in [0.1, 0.15) is 0 Å². The predicted octanol–water partition coefficient (Wildman–Crippen LogP) is 2.45. The van der Waals surface area contributed by atoms with Gasteiger partial charge in [-0.1, -0.05) is 30.3 Å². The molecule has 6 heteroatoms. The number of likely N-dealkylation sites (tertiary alicyclic amines) is 1. The molecule has 1 N–H and O–H groups in total. The van der Waals surface area contributed by atoms with Gasteiger partial charge < -0.3 is 15.0 Å². The van der Waals surface area contributed by atoms with Crippen LogP contribution in [0.25, 0.3) is 0 Å². The minimum atomic E-state index is -0.172. The van der Waals surface area contributed by atoms with Gasteiger partial charge in [0, 0.05) is 25.9 Å². The summed E-state index contributed by atoms with van der Waals surface area (Å²) in [5, 5.41) is 2.92. The lowest BCUT2D eigenvalue weighted by atomic mass is 9.96. The highest BCUT2D eigenvalue weighted by molar-refractivity contribution is 5.84. The van der Waals surface area contributed by atoms with Crippen molar-refractivity contribution in [3.05, 3.63) is 35.9 Å². The number of nitrogens with zero attached hydrogens (tertiary/aromatic N) is 1. The number of carbonyl (C=O) groups excluding carboxylic acids is 3. The molecule has 1 aliphatic rings. The molecule has 1 atom stereocenters. The molecule has 0 spiro atoms. The van der Waals surface area contributed by atoms with E-state index in [1.54, 1.807) is 11.8 Å². The minimum Gasteiger partial charge on any atom is -0.466 e. The molecule has 0 saturated carbocycles. The molecule has 0 bridgehead atoms. The molecule has 26 heavy (non-hydrogen) atoms. The number of hydrogen-bond acceptors (Lipinski definition) is 4. The highest BCUT2D eigenvalue weighted by Crippen LogP contribution is 2.19. The highest BCUT2D eigenvalue weighted by Gasteiger charge is 2.28. The maximum absolute atomic E-state index is 12.3. The van der Waals surface area contributed by atoms with Crippen molar-refractivity contribution >= 4 is 17.8 Å². The van der Waals surface area contributed by atoms with Gasteiger partial charge in [-0.2, -0.15) is 0 Å². The van der Waals surface area contributed by atoms with Gasteiger partial charge in [0.05, 0.1) is 18.6 Å². The van der Waals surface area contributed by atoms with E-state index in [0.717, 1.165) is 5.56 Å². The normalized spacial score (nSPS) is 16.0. The molecule has 1 aromatic carbocycles. The van der Waals surface area contributed by atoms with Crippen LogP contribution in [0.1, 0.15) is 51.1 Å². The minimum absolute atomic E-state index is 0.0326. The maximum atomic E-state index is 12.3. The SMILES string of the molecule is CCOC(=O)C1CCN(C(=O)CCC(=O)NC(C)c2ccccc2)CC1. The summed E-state index contributed by atoms with van der Waals surface area (Å²) >= 11 is 0. The van der Waals surface area contributed by atoms with Crippen LogP contribution in [0.2, 0.25) is 0 Å². The van der Waals surface area contributed by atoms with Crippen LogP contribution in [0, 0.1) is 5.92 Å². The number of nitrogens with one attached hydrogen (secondary N) is 1. The van der Waals surface area contributed by atoms with Crippen LogP contribution < -0.4 is 5.32 Å². The molecule has 142 valence electrons. The lowest BCUT2D eigenvalue weighted by Gasteiger charge is -2.31. The number of piperidine rings is 1.